The predicted octanol–water partition coefficient (Wildman–Crippen LogP) is 5.46. The first-order chi connectivity index (χ1) is 13.4. The van der Waals surface area contributed by atoms with Gasteiger partial charge in [-0.2, -0.15) is 5.10 Å². The second-order valence-electron chi connectivity index (χ2n) is 8.26. The van der Waals surface area contributed by atoms with Gasteiger partial charge in [-0.05, 0) is 37.8 Å². The molecule has 1 aliphatic rings. The quantitative estimate of drug-likeness (QED) is 0.660. The van der Waals surface area contributed by atoms with Crippen LogP contribution in [0.5, 0.6) is 0 Å². The summed E-state index contributed by atoms with van der Waals surface area (Å²) in [6.45, 7) is 10.6. The second kappa shape index (κ2) is 6.93. The number of aryl methyl sites for hydroxylation is 1. The van der Waals surface area contributed by atoms with Crippen LogP contribution in [0.4, 0.5) is 0 Å². The van der Waals surface area contributed by atoms with Gasteiger partial charge in [-0.1, -0.05) is 67.9 Å². The molecule has 0 spiro atoms. The lowest BCUT2D eigenvalue weighted by Gasteiger charge is -2.30. The van der Waals surface area contributed by atoms with Crippen LogP contribution in [0.2, 0.25) is 0 Å². The van der Waals surface area contributed by atoms with Crippen LogP contribution in [0.25, 0.3) is 11.3 Å². The molecule has 4 nitrogen and oxygen atoms in total. The number of hydrogen-bond acceptors (Lipinski definition) is 2. The molecule has 4 heteroatoms. The molecule has 144 valence electrons. The number of carbonyl (C=O) groups excluding carboxylic acids is 1. The van der Waals surface area contributed by atoms with Gasteiger partial charge in [-0.25, -0.2) is 0 Å². The zero-order chi connectivity index (χ0) is 20.0. The van der Waals surface area contributed by atoms with E-state index in [0.717, 1.165) is 22.4 Å². The highest BCUT2D eigenvalue weighted by molar-refractivity contribution is 6.00. The number of benzene rings is 2. The Hall–Kier alpha value is -2.88. The Morgan fingerprint density at radius 1 is 0.964 bits per heavy atom. The molecule has 1 aliphatic heterocycles. The van der Waals surface area contributed by atoms with Crippen molar-refractivity contribution in [2.75, 3.05) is 0 Å². The zero-order valence-electron chi connectivity index (χ0n) is 17.2. The molecule has 3 aromatic rings. The summed E-state index contributed by atoms with van der Waals surface area (Å²) in [5.41, 5.74) is 7.13. The van der Waals surface area contributed by atoms with E-state index < -0.39 is 0 Å². The van der Waals surface area contributed by atoms with Gasteiger partial charge < -0.3 is 4.90 Å². The Kier molecular flexibility index (Phi) is 4.58. The van der Waals surface area contributed by atoms with E-state index in [1.165, 1.54) is 11.1 Å². The average molecular weight is 374 g/mol. The van der Waals surface area contributed by atoms with Crippen molar-refractivity contribution in [2.24, 2.45) is 0 Å². The Morgan fingerprint density at radius 3 is 2.18 bits per heavy atom. The van der Waals surface area contributed by atoms with Crippen molar-refractivity contribution >= 4 is 5.91 Å². The first-order valence-electron chi connectivity index (χ1n) is 9.96. The lowest BCUT2D eigenvalue weighted by atomic mass is 9.93. The van der Waals surface area contributed by atoms with Crippen molar-refractivity contribution in [1.82, 2.24) is 15.1 Å². The molecule has 0 saturated heterocycles. The number of carbonyl (C=O) groups is 1. The van der Waals surface area contributed by atoms with Crippen molar-refractivity contribution in [3.05, 3.63) is 76.5 Å². The number of amides is 1. The number of fused-ring (bicyclic) bond motifs is 1. The van der Waals surface area contributed by atoms with Gasteiger partial charge in [0, 0.05) is 17.2 Å². The molecule has 28 heavy (non-hydrogen) atoms. The maximum atomic E-state index is 13.2. The molecular formula is C24H27N3O. The number of aromatic nitrogens is 2. The summed E-state index contributed by atoms with van der Waals surface area (Å²) in [6, 6.07) is 16.9. The Morgan fingerprint density at radius 2 is 1.61 bits per heavy atom. The molecule has 1 amide bonds. The van der Waals surface area contributed by atoms with Gasteiger partial charge in [-0.3, -0.25) is 9.89 Å². The smallest absolute Gasteiger partial charge is 0.273 e. The molecule has 0 radical (unpaired) electrons. The topological polar surface area (TPSA) is 49.0 Å². The summed E-state index contributed by atoms with van der Waals surface area (Å²) >= 11 is 0. The van der Waals surface area contributed by atoms with Crippen molar-refractivity contribution < 1.29 is 4.79 Å². The summed E-state index contributed by atoms with van der Waals surface area (Å²) < 4.78 is 0. The molecule has 1 aromatic heterocycles. The van der Waals surface area contributed by atoms with E-state index in [4.69, 9.17) is 0 Å². The van der Waals surface area contributed by atoms with E-state index in [1.54, 1.807) is 0 Å². The van der Waals surface area contributed by atoms with Crippen molar-refractivity contribution in [3.63, 3.8) is 0 Å². The normalized spacial score (nSPS) is 16.3. The number of hydrogen-bond donors (Lipinski definition) is 1. The van der Waals surface area contributed by atoms with Crippen LogP contribution in [-0.2, 0) is 0 Å². The molecule has 0 fully saturated rings. The Bertz CT molecular complexity index is 997. The molecule has 1 unspecified atom stereocenters. The van der Waals surface area contributed by atoms with Gasteiger partial charge in [0.25, 0.3) is 5.91 Å². The van der Waals surface area contributed by atoms with Crippen LogP contribution in [0.15, 0.2) is 48.5 Å². The monoisotopic (exact) mass is 373 g/mol. The van der Waals surface area contributed by atoms with Crippen LogP contribution in [-0.4, -0.2) is 27.0 Å². The highest BCUT2D eigenvalue weighted by Gasteiger charge is 2.43. The molecule has 1 atom stereocenters. The lowest BCUT2D eigenvalue weighted by Crippen LogP contribution is -2.35. The van der Waals surface area contributed by atoms with Gasteiger partial charge in [0.1, 0.15) is 5.69 Å². The Labute approximate surface area is 166 Å². The van der Waals surface area contributed by atoms with Crippen molar-refractivity contribution in [3.8, 4) is 11.3 Å². The fourth-order valence-electron chi connectivity index (χ4n) is 4.02. The molecule has 0 aliphatic carbocycles. The van der Waals surface area contributed by atoms with E-state index in [9.17, 15) is 4.79 Å². The SMILES string of the molecule is Cc1ccc(-c2n[nH]c3c2C(c2ccc(C(C)C)cc2)N(C(C)C)C3=O)cc1. The highest BCUT2D eigenvalue weighted by atomic mass is 16.2. The third-order valence-electron chi connectivity index (χ3n) is 5.60. The summed E-state index contributed by atoms with van der Waals surface area (Å²) in [5.74, 6) is 0.502. The van der Waals surface area contributed by atoms with Crippen LogP contribution < -0.4 is 0 Å². The zero-order valence-corrected chi connectivity index (χ0v) is 17.2. The largest absolute Gasteiger partial charge is 0.324 e. The fourth-order valence-corrected chi connectivity index (χ4v) is 4.02. The van der Waals surface area contributed by atoms with Gasteiger partial charge in [0.2, 0.25) is 0 Å². The first kappa shape index (κ1) is 18.5. The van der Waals surface area contributed by atoms with Crippen LogP contribution >= 0.6 is 0 Å². The molecule has 2 heterocycles. The third-order valence-corrected chi connectivity index (χ3v) is 5.60. The highest BCUT2D eigenvalue weighted by Crippen LogP contribution is 2.43. The van der Waals surface area contributed by atoms with E-state index in [2.05, 4.69) is 93.3 Å². The van der Waals surface area contributed by atoms with Crippen LogP contribution in [0.3, 0.4) is 0 Å². The standard InChI is InChI=1S/C24H27N3O/c1-14(2)17-10-12-19(13-11-17)23-20-21(18-8-6-16(5)7-9-18)25-26-22(20)24(28)27(23)15(3)4/h6-15,23H,1-5H3,(H,25,26). The van der Waals surface area contributed by atoms with E-state index in [1.807, 2.05) is 4.90 Å². The number of aromatic amines is 1. The minimum Gasteiger partial charge on any atom is -0.324 e. The predicted molar refractivity (Wildman–Crippen MR) is 112 cm³/mol. The molecule has 4 rings (SSSR count). The molecule has 0 bridgehead atoms. The van der Waals surface area contributed by atoms with Gasteiger partial charge in [0.05, 0.1) is 11.7 Å². The summed E-state index contributed by atoms with van der Waals surface area (Å²) in [6.07, 6.45) is 0. The lowest BCUT2D eigenvalue weighted by molar-refractivity contribution is 0.0688. The maximum absolute atomic E-state index is 13.2. The number of nitrogens with zero attached hydrogens (tertiary/aromatic N) is 2. The fraction of sp³-hybridized carbons (Fsp3) is 0.333. The Balaban J connectivity index is 1.86. The van der Waals surface area contributed by atoms with Crippen molar-refractivity contribution in [2.45, 2.75) is 52.6 Å². The van der Waals surface area contributed by atoms with Crippen LogP contribution in [0, 0.1) is 6.92 Å². The van der Waals surface area contributed by atoms with Crippen LogP contribution in [0.1, 0.15) is 72.4 Å². The summed E-state index contributed by atoms with van der Waals surface area (Å²) in [7, 11) is 0. The van der Waals surface area contributed by atoms with E-state index in [-0.39, 0.29) is 18.0 Å². The van der Waals surface area contributed by atoms with Gasteiger partial charge >= 0.3 is 0 Å². The molecule has 0 saturated carbocycles. The first-order valence-corrected chi connectivity index (χ1v) is 9.96. The minimum atomic E-state index is -0.126. The molecule has 2 aromatic carbocycles. The minimum absolute atomic E-state index is 0.0220. The van der Waals surface area contributed by atoms with E-state index >= 15 is 0 Å². The summed E-state index contributed by atoms with van der Waals surface area (Å²) in [5, 5.41) is 7.55. The molecular weight excluding hydrogens is 346 g/mol. The number of nitrogens with one attached hydrogen (secondary N) is 1. The van der Waals surface area contributed by atoms with E-state index in [0.29, 0.717) is 11.6 Å². The number of rotatable bonds is 4. The number of H-pyrrole nitrogens is 1. The summed E-state index contributed by atoms with van der Waals surface area (Å²) in [4.78, 5) is 15.1. The second-order valence-corrected chi connectivity index (χ2v) is 8.26. The third kappa shape index (κ3) is 2.93. The maximum Gasteiger partial charge on any atom is 0.273 e. The van der Waals surface area contributed by atoms with Gasteiger partial charge in [0.15, 0.2) is 0 Å². The average Bonchev–Trinajstić information content (AvgIpc) is 3.21. The molecule has 1 N–H and O–H groups in total. The van der Waals surface area contributed by atoms with Gasteiger partial charge in [-0.15, -0.1) is 0 Å². The van der Waals surface area contributed by atoms with Crippen molar-refractivity contribution in [1.29, 1.82) is 0 Å².